The van der Waals surface area contributed by atoms with Crippen LogP contribution in [0.5, 0.6) is 0 Å². The van der Waals surface area contributed by atoms with Crippen molar-refractivity contribution in [3.05, 3.63) is 34.9 Å². The molecule has 1 unspecified atom stereocenters. The van der Waals surface area contributed by atoms with Crippen LogP contribution in [0.2, 0.25) is 0 Å². The number of carboxylic acid groups (broad SMARTS) is 1. The van der Waals surface area contributed by atoms with E-state index in [-0.39, 0.29) is 11.7 Å². The Labute approximate surface area is 94.1 Å². The highest BCUT2D eigenvalue weighted by atomic mass is 16.4. The lowest BCUT2D eigenvalue weighted by molar-refractivity contribution is -0.142. The van der Waals surface area contributed by atoms with Crippen molar-refractivity contribution in [3.63, 3.8) is 0 Å². The summed E-state index contributed by atoms with van der Waals surface area (Å²) in [5.41, 5.74) is 2.92. The predicted molar refractivity (Wildman–Crippen MR) is 59.6 cm³/mol. The molecule has 84 valence electrons. The van der Waals surface area contributed by atoms with Crippen molar-refractivity contribution in [2.75, 3.05) is 0 Å². The molecule has 1 aromatic carbocycles. The Balaban J connectivity index is 2.29. The van der Waals surface area contributed by atoms with Crippen LogP contribution in [0.25, 0.3) is 0 Å². The fraction of sp³-hybridized carbons (Fsp3) is 0.385. The van der Waals surface area contributed by atoms with Crippen molar-refractivity contribution in [2.24, 2.45) is 5.92 Å². The van der Waals surface area contributed by atoms with E-state index in [4.69, 9.17) is 5.11 Å². The summed E-state index contributed by atoms with van der Waals surface area (Å²) in [6, 6.07) is 5.57. The molecule has 1 aliphatic carbocycles. The summed E-state index contributed by atoms with van der Waals surface area (Å²) in [7, 11) is 0. The first-order valence-electron chi connectivity index (χ1n) is 5.43. The topological polar surface area (TPSA) is 54.4 Å². The second-order valence-electron chi connectivity index (χ2n) is 4.32. The van der Waals surface area contributed by atoms with E-state index in [9.17, 15) is 9.59 Å². The quantitative estimate of drug-likeness (QED) is 0.773. The third kappa shape index (κ3) is 1.98. The number of benzene rings is 1. The van der Waals surface area contributed by atoms with Crippen LogP contribution in [0.15, 0.2) is 18.2 Å². The molecule has 2 rings (SSSR count). The molecule has 0 bridgehead atoms. The van der Waals surface area contributed by atoms with Crippen molar-refractivity contribution in [2.45, 2.75) is 26.2 Å². The van der Waals surface area contributed by atoms with Gasteiger partial charge in [0.1, 0.15) is 0 Å². The molecule has 1 N–H and O–H groups in total. The van der Waals surface area contributed by atoms with E-state index in [1.807, 2.05) is 12.1 Å². The zero-order valence-corrected chi connectivity index (χ0v) is 9.19. The molecule has 0 spiro atoms. The van der Waals surface area contributed by atoms with Crippen LogP contribution < -0.4 is 0 Å². The van der Waals surface area contributed by atoms with E-state index in [0.29, 0.717) is 18.4 Å². The minimum absolute atomic E-state index is 0.0585. The Kier molecular flexibility index (Phi) is 2.77. The third-order valence-corrected chi connectivity index (χ3v) is 3.19. The number of carbonyl (C=O) groups excluding carboxylic acids is 1. The Morgan fingerprint density at radius 3 is 2.69 bits per heavy atom. The molecule has 16 heavy (non-hydrogen) atoms. The number of aryl methyl sites for hydroxylation is 1. The summed E-state index contributed by atoms with van der Waals surface area (Å²) in [5, 5.41) is 8.95. The van der Waals surface area contributed by atoms with Crippen LogP contribution in [-0.2, 0) is 17.6 Å². The molecule has 0 saturated carbocycles. The van der Waals surface area contributed by atoms with Crippen molar-refractivity contribution in [1.82, 2.24) is 0 Å². The van der Waals surface area contributed by atoms with E-state index < -0.39 is 5.97 Å². The average molecular weight is 218 g/mol. The van der Waals surface area contributed by atoms with Crippen LogP contribution in [0, 0.1) is 5.92 Å². The molecular weight excluding hydrogens is 204 g/mol. The number of carbonyl (C=O) groups is 2. The largest absolute Gasteiger partial charge is 0.481 e. The van der Waals surface area contributed by atoms with E-state index in [2.05, 4.69) is 0 Å². The number of ketones is 1. The summed E-state index contributed by atoms with van der Waals surface area (Å²) in [5.74, 6) is -0.930. The number of hydrogen-bond donors (Lipinski definition) is 1. The normalized spacial score (nSPS) is 18.9. The van der Waals surface area contributed by atoms with Gasteiger partial charge in [-0.15, -0.1) is 0 Å². The highest BCUT2D eigenvalue weighted by Gasteiger charge is 2.24. The molecule has 0 aliphatic heterocycles. The number of carboxylic acids is 1. The van der Waals surface area contributed by atoms with Crippen LogP contribution in [-0.4, -0.2) is 16.9 Å². The van der Waals surface area contributed by atoms with Gasteiger partial charge >= 0.3 is 5.97 Å². The highest BCUT2D eigenvalue weighted by molar-refractivity contribution is 5.94. The van der Waals surface area contributed by atoms with Gasteiger partial charge in [0.05, 0.1) is 5.92 Å². The zero-order valence-electron chi connectivity index (χ0n) is 9.19. The van der Waals surface area contributed by atoms with E-state index >= 15 is 0 Å². The molecule has 0 radical (unpaired) electrons. The van der Waals surface area contributed by atoms with Gasteiger partial charge in [-0.1, -0.05) is 12.1 Å². The van der Waals surface area contributed by atoms with E-state index in [1.165, 1.54) is 0 Å². The second kappa shape index (κ2) is 4.08. The second-order valence-corrected chi connectivity index (χ2v) is 4.32. The molecule has 0 aromatic heterocycles. The SMILES string of the molecule is CC(=O)c1ccc2c(c1)CCC(C(=O)O)C2. The molecule has 0 heterocycles. The van der Waals surface area contributed by atoms with Gasteiger partial charge in [-0.3, -0.25) is 9.59 Å². The molecule has 3 nitrogen and oxygen atoms in total. The van der Waals surface area contributed by atoms with E-state index in [0.717, 1.165) is 17.5 Å². The maximum Gasteiger partial charge on any atom is 0.306 e. The Bertz CT molecular complexity index is 448. The monoisotopic (exact) mass is 218 g/mol. The summed E-state index contributed by atoms with van der Waals surface area (Å²) in [6.45, 7) is 1.55. The zero-order chi connectivity index (χ0) is 11.7. The van der Waals surface area contributed by atoms with Gasteiger partial charge in [-0.05, 0) is 43.4 Å². The lowest BCUT2D eigenvalue weighted by atomic mass is 9.83. The number of aliphatic carboxylic acids is 1. The molecular formula is C13H14O3. The molecule has 0 saturated heterocycles. The van der Waals surface area contributed by atoms with Gasteiger partial charge < -0.3 is 5.11 Å². The Hall–Kier alpha value is -1.64. The van der Waals surface area contributed by atoms with Crippen LogP contribution in [0.4, 0.5) is 0 Å². The summed E-state index contributed by atoms with van der Waals surface area (Å²) < 4.78 is 0. The van der Waals surface area contributed by atoms with Gasteiger partial charge in [0.2, 0.25) is 0 Å². The smallest absolute Gasteiger partial charge is 0.306 e. The predicted octanol–water partition coefficient (Wildman–Crippen LogP) is 2.08. The first-order valence-corrected chi connectivity index (χ1v) is 5.43. The van der Waals surface area contributed by atoms with Crippen LogP contribution in [0.1, 0.15) is 34.8 Å². The molecule has 0 amide bonds. The lowest BCUT2D eigenvalue weighted by Crippen LogP contribution is -2.22. The molecule has 0 fully saturated rings. The van der Waals surface area contributed by atoms with E-state index in [1.54, 1.807) is 13.0 Å². The van der Waals surface area contributed by atoms with Crippen LogP contribution in [0.3, 0.4) is 0 Å². The van der Waals surface area contributed by atoms with Crippen molar-refractivity contribution in [3.8, 4) is 0 Å². The van der Waals surface area contributed by atoms with Gasteiger partial charge in [0, 0.05) is 5.56 Å². The number of Topliss-reactive ketones (excluding diaryl/α,β-unsaturated/α-hetero) is 1. The minimum atomic E-state index is -0.721. The van der Waals surface area contributed by atoms with Crippen molar-refractivity contribution < 1.29 is 14.7 Å². The Morgan fingerprint density at radius 1 is 1.31 bits per heavy atom. The van der Waals surface area contributed by atoms with Gasteiger partial charge in [0.15, 0.2) is 5.78 Å². The summed E-state index contributed by atoms with van der Waals surface area (Å²) in [4.78, 5) is 22.1. The number of hydrogen-bond acceptors (Lipinski definition) is 2. The fourth-order valence-electron chi connectivity index (χ4n) is 2.18. The minimum Gasteiger partial charge on any atom is -0.481 e. The maximum absolute atomic E-state index is 11.2. The summed E-state index contributed by atoms with van der Waals surface area (Å²) >= 11 is 0. The maximum atomic E-state index is 11.2. The number of fused-ring (bicyclic) bond motifs is 1. The van der Waals surface area contributed by atoms with Gasteiger partial charge in [-0.25, -0.2) is 0 Å². The number of rotatable bonds is 2. The molecule has 1 aromatic rings. The van der Waals surface area contributed by atoms with Crippen LogP contribution >= 0.6 is 0 Å². The van der Waals surface area contributed by atoms with Gasteiger partial charge in [0.25, 0.3) is 0 Å². The third-order valence-electron chi connectivity index (χ3n) is 3.19. The average Bonchev–Trinajstić information content (AvgIpc) is 2.27. The highest BCUT2D eigenvalue weighted by Crippen LogP contribution is 2.26. The molecule has 1 aliphatic rings. The molecule has 1 atom stereocenters. The first kappa shape index (κ1) is 10.9. The fourth-order valence-corrected chi connectivity index (χ4v) is 2.18. The van der Waals surface area contributed by atoms with Crippen molar-refractivity contribution in [1.29, 1.82) is 0 Å². The van der Waals surface area contributed by atoms with Gasteiger partial charge in [-0.2, -0.15) is 0 Å². The molecule has 3 heteroatoms. The lowest BCUT2D eigenvalue weighted by Gasteiger charge is -2.21. The standard InChI is InChI=1S/C13H14O3/c1-8(14)9-2-3-11-7-12(13(15)16)5-4-10(11)6-9/h2-3,6,12H,4-5,7H2,1H3,(H,15,16). The Morgan fingerprint density at radius 2 is 2.06 bits per heavy atom. The van der Waals surface area contributed by atoms with Crippen molar-refractivity contribution >= 4 is 11.8 Å². The summed E-state index contributed by atoms with van der Waals surface area (Å²) in [6.07, 6.45) is 2.01. The first-order chi connectivity index (χ1) is 7.58.